The molecule has 7 atom stereocenters. The number of carbonyl (C=O) groups excluding carboxylic acids is 4. The Hall–Kier alpha value is -1.43. The van der Waals surface area contributed by atoms with Gasteiger partial charge in [0.2, 0.25) is 0 Å². The Morgan fingerprint density at radius 3 is 2.56 bits per heavy atom. The fourth-order valence-electron chi connectivity index (χ4n) is 7.72. The molecule has 0 saturated heterocycles. The Labute approximate surface area is 195 Å². The van der Waals surface area contributed by atoms with Gasteiger partial charge >= 0.3 is 5.97 Å². The van der Waals surface area contributed by atoms with Gasteiger partial charge in [-0.25, -0.2) is 0 Å². The van der Waals surface area contributed by atoms with Gasteiger partial charge in [0.1, 0.15) is 6.61 Å². The Kier molecular flexibility index (Phi) is 6.47. The van der Waals surface area contributed by atoms with E-state index in [9.17, 15) is 19.2 Å². The van der Waals surface area contributed by atoms with Crippen molar-refractivity contribution in [2.24, 2.45) is 34.5 Å². The number of rotatable bonds is 5. The lowest BCUT2D eigenvalue weighted by Gasteiger charge is -2.60. The molecule has 176 valence electrons. The highest BCUT2D eigenvalue weighted by Crippen LogP contribution is 2.68. The summed E-state index contributed by atoms with van der Waals surface area (Å²) in [5.74, 6) is 1.05. The first-order chi connectivity index (χ1) is 15.1. The predicted molar refractivity (Wildman–Crippen MR) is 124 cm³/mol. The minimum atomic E-state index is -0.328. The molecule has 0 N–H and O–H groups in total. The summed E-state index contributed by atoms with van der Waals surface area (Å²) in [7, 11) is 0. The fourth-order valence-corrected chi connectivity index (χ4v) is 8.94. The highest BCUT2D eigenvalue weighted by molar-refractivity contribution is 8.14. The lowest BCUT2D eigenvalue weighted by Crippen LogP contribution is -2.55. The molecule has 5 nitrogen and oxygen atoms in total. The number of ketones is 2. The van der Waals surface area contributed by atoms with Crippen LogP contribution >= 0.6 is 11.8 Å². The Balaban J connectivity index is 1.63. The second kappa shape index (κ2) is 8.73. The van der Waals surface area contributed by atoms with E-state index in [0.717, 1.165) is 38.5 Å². The molecule has 0 bridgehead atoms. The molecule has 0 radical (unpaired) electrons. The van der Waals surface area contributed by atoms with Crippen LogP contribution in [0.3, 0.4) is 0 Å². The molecule has 4 rings (SSSR count). The van der Waals surface area contributed by atoms with E-state index >= 15 is 0 Å². The Bertz CT molecular complexity index is 862. The van der Waals surface area contributed by atoms with Gasteiger partial charge in [-0.15, -0.1) is 0 Å². The Morgan fingerprint density at radius 2 is 1.88 bits per heavy atom. The summed E-state index contributed by atoms with van der Waals surface area (Å²) in [5.41, 5.74) is 1.15. The van der Waals surface area contributed by atoms with Crippen molar-refractivity contribution in [3.8, 4) is 0 Å². The minimum absolute atomic E-state index is 0.0203. The lowest BCUT2D eigenvalue weighted by atomic mass is 9.46. The van der Waals surface area contributed by atoms with Crippen LogP contribution in [0.5, 0.6) is 0 Å². The molecule has 0 aromatic heterocycles. The van der Waals surface area contributed by atoms with Crippen LogP contribution in [0.25, 0.3) is 0 Å². The van der Waals surface area contributed by atoms with Gasteiger partial charge in [0.15, 0.2) is 16.7 Å². The van der Waals surface area contributed by atoms with E-state index in [1.807, 2.05) is 6.08 Å². The standard InChI is InChI=1S/C26H36O5S/c1-5-23(30)31-14-21(29)18-6-7-19-24-20(9-11-26(18,19)4)25(3)10-8-17(28)12-16(25)13-22(24)32-15(2)27/h12,18-20,22,24H,5-11,13-14H2,1-4H3/t18-,19+,20+,22?,24+,25+,26-/m1/s1. The number of carbonyl (C=O) groups is 4. The van der Waals surface area contributed by atoms with Gasteiger partial charge in [0.25, 0.3) is 0 Å². The molecule has 0 heterocycles. The molecule has 0 aromatic rings. The van der Waals surface area contributed by atoms with Crippen LogP contribution in [0.4, 0.5) is 0 Å². The van der Waals surface area contributed by atoms with Crippen LogP contribution in [-0.4, -0.2) is 34.5 Å². The molecule has 3 fully saturated rings. The third kappa shape index (κ3) is 3.91. The van der Waals surface area contributed by atoms with Gasteiger partial charge in [-0.2, -0.15) is 0 Å². The average molecular weight is 461 g/mol. The van der Waals surface area contributed by atoms with Crippen molar-refractivity contribution in [3.05, 3.63) is 11.6 Å². The normalized spacial score (nSPS) is 40.6. The van der Waals surface area contributed by atoms with Gasteiger partial charge in [0, 0.05) is 30.9 Å². The maximum atomic E-state index is 13.1. The zero-order chi connectivity index (χ0) is 23.3. The number of hydrogen-bond donors (Lipinski definition) is 0. The topological polar surface area (TPSA) is 77.5 Å². The first-order valence-electron chi connectivity index (χ1n) is 12.2. The summed E-state index contributed by atoms with van der Waals surface area (Å²) in [6, 6.07) is 0. The van der Waals surface area contributed by atoms with Crippen molar-refractivity contribution in [1.82, 2.24) is 0 Å². The number of thioether (sulfide) groups is 1. The molecule has 6 heteroatoms. The quantitative estimate of drug-likeness (QED) is 0.542. The van der Waals surface area contributed by atoms with Crippen molar-refractivity contribution < 1.29 is 23.9 Å². The van der Waals surface area contributed by atoms with Crippen LogP contribution in [0.1, 0.15) is 79.1 Å². The number of ether oxygens (including phenoxy) is 1. The molecule has 32 heavy (non-hydrogen) atoms. The van der Waals surface area contributed by atoms with Crippen molar-refractivity contribution in [2.75, 3.05) is 6.61 Å². The fraction of sp³-hybridized carbons (Fsp3) is 0.769. The van der Waals surface area contributed by atoms with E-state index in [1.165, 1.54) is 17.3 Å². The largest absolute Gasteiger partial charge is 0.458 e. The molecule has 0 spiro atoms. The van der Waals surface area contributed by atoms with Crippen LogP contribution in [0.2, 0.25) is 0 Å². The van der Waals surface area contributed by atoms with Gasteiger partial charge in [-0.05, 0) is 73.2 Å². The predicted octanol–water partition coefficient (Wildman–Crippen LogP) is 4.92. The smallest absolute Gasteiger partial charge is 0.305 e. The van der Waals surface area contributed by atoms with E-state index in [4.69, 9.17) is 4.74 Å². The molecule has 4 aliphatic carbocycles. The van der Waals surface area contributed by atoms with E-state index in [1.54, 1.807) is 13.8 Å². The SMILES string of the molecule is CCC(=O)OCC(=O)[C@H]1CC[C@H]2[C@@H]3C(SC(C)=O)CC4=CC(=O)CC[C@]4(C)[C@H]3CC[C@]12C. The summed E-state index contributed by atoms with van der Waals surface area (Å²) in [6.07, 6.45) is 8.29. The zero-order valence-electron chi connectivity index (χ0n) is 19.8. The summed E-state index contributed by atoms with van der Waals surface area (Å²) >= 11 is 1.45. The summed E-state index contributed by atoms with van der Waals surface area (Å²) in [6.45, 7) is 7.85. The summed E-state index contributed by atoms with van der Waals surface area (Å²) in [4.78, 5) is 49.1. The second-order valence-electron chi connectivity index (χ2n) is 10.9. The third-order valence-corrected chi connectivity index (χ3v) is 10.4. The molecular formula is C26H36O5S. The van der Waals surface area contributed by atoms with Crippen molar-refractivity contribution in [3.63, 3.8) is 0 Å². The first-order valence-corrected chi connectivity index (χ1v) is 13.1. The van der Waals surface area contributed by atoms with Crippen LogP contribution < -0.4 is 0 Å². The minimum Gasteiger partial charge on any atom is -0.458 e. The molecule has 0 aromatic carbocycles. The van der Waals surface area contributed by atoms with Gasteiger partial charge < -0.3 is 4.74 Å². The van der Waals surface area contributed by atoms with Crippen LogP contribution in [-0.2, 0) is 23.9 Å². The van der Waals surface area contributed by atoms with Gasteiger partial charge in [-0.3, -0.25) is 19.2 Å². The molecule has 0 aliphatic heterocycles. The molecular weight excluding hydrogens is 424 g/mol. The highest BCUT2D eigenvalue weighted by atomic mass is 32.2. The lowest BCUT2D eigenvalue weighted by molar-refractivity contribution is -0.150. The zero-order valence-corrected chi connectivity index (χ0v) is 20.6. The maximum absolute atomic E-state index is 13.1. The maximum Gasteiger partial charge on any atom is 0.305 e. The number of fused-ring (bicyclic) bond motifs is 5. The highest BCUT2D eigenvalue weighted by Gasteiger charge is 2.62. The van der Waals surface area contributed by atoms with E-state index in [2.05, 4.69) is 13.8 Å². The first kappa shape index (κ1) is 23.7. The van der Waals surface area contributed by atoms with E-state index in [0.29, 0.717) is 24.2 Å². The van der Waals surface area contributed by atoms with Crippen molar-refractivity contribution >= 4 is 34.4 Å². The third-order valence-electron chi connectivity index (χ3n) is 9.33. The monoisotopic (exact) mass is 460 g/mol. The number of Topliss-reactive ketones (excluding diaryl/α,β-unsaturated/α-hetero) is 1. The molecule has 4 aliphatic rings. The van der Waals surface area contributed by atoms with Crippen molar-refractivity contribution in [2.45, 2.75) is 84.3 Å². The number of allylic oxidation sites excluding steroid dienone is 1. The summed E-state index contributed by atoms with van der Waals surface area (Å²) < 4.78 is 5.19. The molecule has 1 unspecified atom stereocenters. The number of esters is 1. The summed E-state index contributed by atoms with van der Waals surface area (Å²) in [5, 5.41) is 0.295. The Morgan fingerprint density at radius 1 is 1.12 bits per heavy atom. The molecule has 3 saturated carbocycles. The van der Waals surface area contributed by atoms with Gasteiger partial charge in [-0.1, -0.05) is 38.1 Å². The number of hydrogen-bond acceptors (Lipinski definition) is 6. The average Bonchev–Trinajstić information content (AvgIpc) is 3.09. The van der Waals surface area contributed by atoms with Crippen molar-refractivity contribution in [1.29, 1.82) is 0 Å². The van der Waals surface area contributed by atoms with E-state index < -0.39 is 0 Å². The van der Waals surface area contributed by atoms with E-state index in [-0.39, 0.29) is 57.7 Å². The second-order valence-corrected chi connectivity index (χ2v) is 12.3. The van der Waals surface area contributed by atoms with Crippen LogP contribution in [0, 0.1) is 34.5 Å². The molecule has 0 amide bonds. The van der Waals surface area contributed by atoms with Crippen LogP contribution in [0.15, 0.2) is 11.6 Å². The van der Waals surface area contributed by atoms with Gasteiger partial charge in [0.05, 0.1) is 0 Å².